The molecule has 0 aromatic carbocycles. The number of carbonyl (C=O) groups excluding carboxylic acids is 2. The number of nitrogens with one attached hydrogen (secondary N) is 1. The van der Waals surface area contributed by atoms with Gasteiger partial charge in [0.05, 0.1) is 12.6 Å². The van der Waals surface area contributed by atoms with Gasteiger partial charge in [-0.3, -0.25) is 23.9 Å². The van der Waals surface area contributed by atoms with E-state index in [1.807, 2.05) is 0 Å². The van der Waals surface area contributed by atoms with Crippen LogP contribution >= 0.6 is 0 Å². The van der Waals surface area contributed by atoms with Gasteiger partial charge < -0.3 is 14.2 Å². The summed E-state index contributed by atoms with van der Waals surface area (Å²) in [5.74, 6) is -0.961. The fourth-order valence-electron chi connectivity index (χ4n) is 2.57. The zero-order chi connectivity index (χ0) is 17.9. The van der Waals surface area contributed by atoms with Crippen LogP contribution in [0.25, 0.3) is 0 Å². The van der Waals surface area contributed by atoms with Gasteiger partial charge in [-0.05, 0) is 6.92 Å². The number of ether oxygens (including phenoxy) is 3. The smallest absolute Gasteiger partial charge is 0.328 e. The number of aromatic amines is 1. The largest absolute Gasteiger partial charge is 0.463 e. The van der Waals surface area contributed by atoms with Crippen molar-refractivity contribution >= 4 is 11.9 Å². The number of carbonyl (C=O) groups is 2. The quantitative estimate of drug-likeness (QED) is 0.746. The summed E-state index contributed by atoms with van der Waals surface area (Å²) in [5.41, 5.74) is -0.614. The molecule has 1 aliphatic rings. The second-order valence-corrected chi connectivity index (χ2v) is 5.69. The van der Waals surface area contributed by atoms with Gasteiger partial charge in [0, 0.05) is 32.0 Å². The van der Waals surface area contributed by atoms with Crippen LogP contribution in [0, 0.1) is 6.92 Å². The normalized spacial score (nSPS) is 23.5. The summed E-state index contributed by atoms with van der Waals surface area (Å²) in [7, 11) is 0. The first-order valence-electron chi connectivity index (χ1n) is 7.52. The molecule has 9 nitrogen and oxygen atoms in total. The van der Waals surface area contributed by atoms with Crippen molar-refractivity contribution < 1.29 is 23.8 Å². The predicted molar refractivity (Wildman–Crippen MR) is 81.6 cm³/mol. The highest BCUT2D eigenvalue weighted by Crippen LogP contribution is 2.25. The summed E-state index contributed by atoms with van der Waals surface area (Å²) in [6.07, 6.45) is 0.483. The molecular formula is C15H20N2O7. The van der Waals surface area contributed by atoms with Crippen LogP contribution in [0.15, 0.2) is 15.8 Å². The summed E-state index contributed by atoms with van der Waals surface area (Å²) >= 11 is 0. The van der Waals surface area contributed by atoms with Gasteiger partial charge in [0.2, 0.25) is 0 Å². The van der Waals surface area contributed by atoms with E-state index in [0.717, 1.165) is 0 Å². The second-order valence-electron chi connectivity index (χ2n) is 5.69. The highest BCUT2D eigenvalue weighted by molar-refractivity contribution is 5.66. The molecule has 1 N–H and O–H groups in total. The molecular weight excluding hydrogens is 320 g/mol. The van der Waals surface area contributed by atoms with Crippen LogP contribution in [-0.4, -0.2) is 46.9 Å². The number of aromatic nitrogens is 2. The van der Waals surface area contributed by atoms with E-state index in [9.17, 15) is 19.2 Å². The molecule has 2 rings (SSSR count). The molecule has 9 heteroatoms. The summed E-state index contributed by atoms with van der Waals surface area (Å²) in [5, 5.41) is 0. The van der Waals surface area contributed by atoms with Crippen molar-refractivity contribution in [1.82, 2.24) is 9.55 Å². The minimum absolute atomic E-state index is 0.0421. The molecule has 1 fully saturated rings. The maximum atomic E-state index is 12.0. The molecule has 24 heavy (non-hydrogen) atoms. The summed E-state index contributed by atoms with van der Waals surface area (Å²) in [6, 6.07) is -0.411. The maximum absolute atomic E-state index is 12.0. The molecule has 0 spiro atoms. The van der Waals surface area contributed by atoms with Gasteiger partial charge in [0.25, 0.3) is 5.56 Å². The molecule has 0 bridgehead atoms. The van der Waals surface area contributed by atoms with E-state index in [0.29, 0.717) is 12.0 Å². The van der Waals surface area contributed by atoms with Crippen molar-refractivity contribution in [2.24, 2.45) is 0 Å². The number of nitrogens with zero attached hydrogens (tertiary/aromatic N) is 1. The standard InChI is InChI=1S/C15H20N2O7/c1-8-5-17(15(21)16-14(8)20)11-4-12(24-10(3)19)13(23-6-11)7-22-9(2)18/h5,11-13H,4,6-7H2,1-3H3,(H,16,20,21)/t11-,12-,13+/m0/s1. The Morgan fingerprint density at radius 3 is 2.67 bits per heavy atom. The molecule has 1 aromatic rings. The van der Waals surface area contributed by atoms with Crippen molar-refractivity contribution in [1.29, 1.82) is 0 Å². The zero-order valence-corrected chi connectivity index (χ0v) is 13.7. The Labute approximate surface area is 137 Å². The van der Waals surface area contributed by atoms with Gasteiger partial charge in [0.15, 0.2) is 0 Å². The first-order valence-corrected chi connectivity index (χ1v) is 7.52. The Morgan fingerprint density at radius 1 is 1.33 bits per heavy atom. The average Bonchev–Trinajstić information content (AvgIpc) is 2.49. The Morgan fingerprint density at radius 2 is 2.04 bits per heavy atom. The fraction of sp³-hybridized carbons (Fsp3) is 0.600. The molecule has 1 saturated heterocycles. The summed E-state index contributed by atoms with van der Waals surface area (Å²) < 4.78 is 17.1. The Balaban J connectivity index is 2.20. The number of hydrogen-bond acceptors (Lipinski definition) is 7. The average molecular weight is 340 g/mol. The molecule has 0 aliphatic carbocycles. The first kappa shape index (κ1) is 17.9. The van der Waals surface area contributed by atoms with Crippen LogP contribution in [0.3, 0.4) is 0 Å². The molecule has 132 valence electrons. The topological polar surface area (TPSA) is 117 Å². The Hall–Kier alpha value is -2.42. The SMILES string of the molecule is CC(=O)OC[C@H]1OC[C@@H](n2cc(C)c(=O)[nH]c2=O)C[C@@H]1OC(C)=O. The van der Waals surface area contributed by atoms with Crippen molar-refractivity contribution in [2.75, 3.05) is 13.2 Å². The van der Waals surface area contributed by atoms with E-state index in [-0.39, 0.29) is 13.2 Å². The second kappa shape index (κ2) is 7.43. The van der Waals surface area contributed by atoms with E-state index in [2.05, 4.69) is 4.98 Å². The third kappa shape index (κ3) is 4.31. The van der Waals surface area contributed by atoms with Crippen LogP contribution in [0.4, 0.5) is 0 Å². The molecule has 1 aromatic heterocycles. The highest BCUT2D eigenvalue weighted by Gasteiger charge is 2.35. The van der Waals surface area contributed by atoms with Crippen LogP contribution in [0.5, 0.6) is 0 Å². The number of aryl methyl sites for hydroxylation is 1. The van der Waals surface area contributed by atoms with Crippen molar-refractivity contribution in [3.8, 4) is 0 Å². The molecule has 2 heterocycles. The van der Waals surface area contributed by atoms with E-state index < -0.39 is 41.4 Å². The zero-order valence-electron chi connectivity index (χ0n) is 13.7. The summed E-state index contributed by atoms with van der Waals surface area (Å²) in [6.45, 7) is 4.25. The molecule has 0 saturated carbocycles. The van der Waals surface area contributed by atoms with Crippen LogP contribution in [-0.2, 0) is 23.8 Å². The van der Waals surface area contributed by atoms with Gasteiger partial charge in [-0.2, -0.15) is 0 Å². The van der Waals surface area contributed by atoms with Gasteiger partial charge in [-0.25, -0.2) is 4.79 Å². The minimum Gasteiger partial charge on any atom is -0.463 e. The van der Waals surface area contributed by atoms with Gasteiger partial charge >= 0.3 is 17.6 Å². The van der Waals surface area contributed by atoms with Crippen molar-refractivity contribution in [3.63, 3.8) is 0 Å². The maximum Gasteiger partial charge on any atom is 0.328 e. The lowest BCUT2D eigenvalue weighted by Gasteiger charge is -2.35. The third-order valence-corrected chi connectivity index (χ3v) is 3.73. The number of esters is 2. The monoisotopic (exact) mass is 340 g/mol. The Bertz CT molecular complexity index is 736. The van der Waals surface area contributed by atoms with Gasteiger partial charge in [-0.15, -0.1) is 0 Å². The van der Waals surface area contributed by atoms with Crippen molar-refractivity contribution in [3.05, 3.63) is 32.6 Å². The van der Waals surface area contributed by atoms with Crippen molar-refractivity contribution in [2.45, 2.75) is 45.4 Å². The molecule has 0 amide bonds. The lowest BCUT2D eigenvalue weighted by atomic mass is 10.0. The molecule has 1 aliphatic heterocycles. The number of rotatable bonds is 4. The fourth-order valence-corrected chi connectivity index (χ4v) is 2.57. The molecule has 0 unspecified atom stereocenters. The molecule has 0 radical (unpaired) electrons. The third-order valence-electron chi connectivity index (χ3n) is 3.73. The van der Waals surface area contributed by atoms with E-state index in [1.165, 1.54) is 24.6 Å². The van der Waals surface area contributed by atoms with Crippen LogP contribution < -0.4 is 11.2 Å². The van der Waals surface area contributed by atoms with Crippen LogP contribution in [0.2, 0.25) is 0 Å². The minimum atomic E-state index is -0.667. The predicted octanol–water partition coefficient (Wildman–Crippen LogP) is -0.330. The Kier molecular flexibility index (Phi) is 5.55. The lowest BCUT2D eigenvalue weighted by molar-refractivity contribution is -0.174. The summed E-state index contributed by atoms with van der Waals surface area (Å²) in [4.78, 5) is 47.9. The van der Waals surface area contributed by atoms with E-state index in [4.69, 9.17) is 14.2 Å². The molecule has 3 atom stereocenters. The highest BCUT2D eigenvalue weighted by atomic mass is 16.6. The van der Waals surface area contributed by atoms with E-state index in [1.54, 1.807) is 6.92 Å². The van der Waals surface area contributed by atoms with Crippen LogP contribution in [0.1, 0.15) is 31.9 Å². The number of H-pyrrole nitrogens is 1. The first-order chi connectivity index (χ1) is 11.3. The number of hydrogen-bond donors (Lipinski definition) is 1. The lowest BCUT2D eigenvalue weighted by Crippen LogP contribution is -2.47. The van der Waals surface area contributed by atoms with Gasteiger partial charge in [-0.1, -0.05) is 0 Å². The van der Waals surface area contributed by atoms with Gasteiger partial charge in [0.1, 0.15) is 18.8 Å². The van der Waals surface area contributed by atoms with E-state index >= 15 is 0 Å².